The minimum absolute atomic E-state index is 0.00664. The number of rotatable bonds is 2. The SMILES string of the molecule is Cn1ncc(Br)c1C(N)C1CCCOC1. The summed E-state index contributed by atoms with van der Waals surface area (Å²) in [4.78, 5) is 0. The van der Waals surface area contributed by atoms with Gasteiger partial charge < -0.3 is 10.5 Å². The Morgan fingerprint density at radius 2 is 2.53 bits per heavy atom. The lowest BCUT2D eigenvalue weighted by atomic mass is 9.92. The fourth-order valence-corrected chi connectivity index (χ4v) is 2.68. The molecule has 1 aromatic rings. The smallest absolute Gasteiger partial charge is 0.0693 e. The van der Waals surface area contributed by atoms with Crippen LogP contribution in [0, 0.1) is 5.92 Å². The van der Waals surface area contributed by atoms with Gasteiger partial charge in [-0.3, -0.25) is 4.68 Å². The van der Waals surface area contributed by atoms with E-state index in [4.69, 9.17) is 10.5 Å². The number of aromatic nitrogens is 2. The second kappa shape index (κ2) is 4.63. The second-order valence-corrected chi connectivity index (χ2v) is 4.86. The molecule has 2 unspecified atom stereocenters. The highest BCUT2D eigenvalue weighted by atomic mass is 79.9. The first-order valence-corrected chi connectivity index (χ1v) is 6.00. The zero-order chi connectivity index (χ0) is 10.8. The first-order valence-electron chi connectivity index (χ1n) is 5.21. The summed E-state index contributed by atoms with van der Waals surface area (Å²) >= 11 is 3.48. The van der Waals surface area contributed by atoms with Crippen LogP contribution in [0.15, 0.2) is 10.7 Å². The Labute approximate surface area is 97.9 Å². The first-order chi connectivity index (χ1) is 7.20. The number of aryl methyl sites for hydroxylation is 1. The normalized spacial score (nSPS) is 24.1. The molecule has 15 heavy (non-hydrogen) atoms. The summed E-state index contributed by atoms with van der Waals surface area (Å²) in [6, 6.07) is 0.00664. The van der Waals surface area contributed by atoms with Gasteiger partial charge in [0.2, 0.25) is 0 Å². The molecule has 0 radical (unpaired) electrons. The summed E-state index contributed by atoms with van der Waals surface area (Å²) in [6.07, 6.45) is 4.03. The largest absolute Gasteiger partial charge is 0.381 e. The van der Waals surface area contributed by atoms with Gasteiger partial charge in [0.1, 0.15) is 0 Å². The van der Waals surface area contributed by atoms with Gasteiger partial charge in [-0.05, 0) is 28.8 Å². The number of hydrogen-bond acceptors (Lipinski definition) is 3. The predicted octanol–water partition coefficient (Wildman–Crippen LogP) is 1.61. The molecule has 1 fully saturated rings. The van der Waals surface area contributed by atoms with Gasteiger partial charge in [-0.15, -0.1) is 0 Å². The van der Waals surface area contributed by atoms with Crippen LogP contribution in [-0.4, -0.2) is 23.0 Å². The molecule has 1 aliphatic rings. The molecule has 0 saturated carbocycles. The Hall–Kier alpha value is -0.390. The second-order valence-electron chi connectivity index (χ2n) is 4.00. The fourth-order valence-electron chi connectivity index (χ4n) is 2.07. The molecular weight excluding hydrogens is 258 g/mol. The Morgan fingerprint density at radius 3 is 3.07 bits per heavy atom. The molecule has 84 valence electrons. The molecule has 1 saturated heterocycles. The summed E-state index contributed by atoms with van der Waals surface area (Å²) in [6.45, 7) is 1.63. The average Bonchev–Trinajstić information content (AvgIpc) is 2.59. The zero-order valence-electron chi connectivity index (χ0n) is 8.82. The predicted molar refractivity (Wildman–Crippen MR) is 61.4 cm³/mol. The molecule has 2 N–H and O–H groups in total. The average molecular weight is 274 g/mol. The van der Waals surface area contributed by atoms with E-state index in [-0.39, 0.29) is 6.04 Å². The summed E-state index contributed by atoms with van der Waals surface area (Å²) in [5, 5.41) is 4.18. The highest BCUT2D eigenvalue weighted by molar-refractivity contribution is 9.10. The third-order valence-corrected chi connectivity index (χ3v) is 3.57. The van der Waals surface area contributed by atoms with Gasteiger partial charge in [0.05, 0.1) is 29.0 Å². The molecule has 2 atom stereocenters. The molecule has 0 amide bonds. The first kappa shape index (κ1) is 11.1. The summed E-state index contributed by atoms with van der Waals surface area (Å²) in [7, 11) is 1.92. The van der Waals surface area contributed by atoms with Crippen LogP contribution in [0.2, 0.25) is 0 Å². The van der Waals surface area contributed by atoms with Gasteiger partial charge >= 0.3 is 0 Å². The molecule has 5 heteroatoms. The van der Waals surface area contributed by atoms with E-state index < -0.39 is 0 Å². The van der Waals surface area contributed by atoms with E-state index in [2.05, 4.69) is 21.0 Å². The number of hydrogen-bond donors (Lipinski definition) is 1. The van der Waals surface area contributed by atoms with Crippen LogP contribution in [-0.2, 0) is 11.8 Å². The van der Waals surface area contributed by atoms with E-state index in [9.17, 15) is 0 Å². The van der Waals surface area contributed by atoms with Crippen molar-refractivity contribution in [2.45, 2.75) is 18.9 Å². The van der Waals surface area contributed by atoms with Crippen molar-refractivity contribution < 1.29 is 4.74 Å². The quantitative estimate of drug-likeness (QED) is 0.891. The number of nitrogens with two attached hydrogens (primary N) is 1. The molecule has 1 aliphatic heterocycles. The molecular formula is C10H16BrN3O. The molecule has 0 aliphatic carbocycles. The fraction of sp³-hybridized carbons (Fsp3) is 0.700. The van der Waals surface area contributed by atoms with Crippen molar-refractivity contribution in [3.8, 4) is 0 Å². The van der Waals surface area contributed by atoms with E-state index >= 15 is 0 Å². The molecule has 0 bridgehead atoms. The standard InChI is InChI=1S/C10H16BrN3O/c1-14-10(8(11)5-13-14)9(12)7-3-2-4-15-6-7/h5,7,9H,2-4,6,12H2,1H3. The van der Waals surface area contributed by atoms with Gasteiger partial charge in [-0.2, -0.15) is 5.10 Å². The molecule has 0 spiro atoms. The maximum Gasteiger partial charge on any atom is 0.0693 e. The summed E-state index contributed by atoms with van der Waals surface area (Å²) < 4.78 is 8.28. The van der Waals surface area contributed by atoms with E-state index in [0.717, 1.165) is 36.2 Å². The minimum atomic E-state index is 0.00664. The van der Waals surface area contributed by atoms with E-state index in [1.54, 1.807) is 6.20 Å². The number of nitrogens with zero attached hydrogens (tertiary/aromatic N) is 2. The van der Waals surface area contributed by atoms with Gasteiger partial charge in [0, 0.05) is 19.6 Å². The summed E-state index contributed by atoms with van der Waals surface area (Å²) in [5.74, 6) is 0.408. The van der Waals surface area contributed by atoms with E-state index in [1.807, 2.05) is 11.7 Å². The van der Waals surface area contributed by atoms with Crippen molar-refractivity contribution in [3.05, 3.63) is 16.4 Å². The van der Waals surface area contributed by atoms with Crippen molar-refractivity contribution >= 4 is 15.9 Å². The van der Waals surface area contributed by atoms with Crippen molar-refractivity contribution in [1.82, 2.24) is 9.78 Å². The van der Waals surface area contributed by atoms with Gasteiger partial charge in [0.25, 0.3) is 0 Å². The maximum absolute atomic E-state index is 6.24. The van der Waals surface area contributed by atoms with Crippen molar-refractivity contribution in [2.75, 3.05) is 13.2 Å². The molecule has 2 heterocycles. The van der Waals surface area contributed by atoms with Crippen LogP contribution in [0.3, 0.4) is 0 Å². The van der Waals surface area contributed by atoms with Crippen molar-refractivity contribution in [3.63, 3.8) is 0 Å². The summed E-state index contributed by atoms with van der Waals surface area (Å²) in [5.41, 5.74) is 7.31. The molecule has 0 aromatic carbocycles. The molecule has 4 nitrogen and oxygen atoms in total. The van der Waals surface area contributed by atoms with E-state index in [0.29, 0.717) is 5.92 Å². The van der Waals surface area contributed by atoms with Crippen LogP contribution in [0.5, 0.6) is 0 Å². The van der Waals surface area contributed by atoms with Crippen LogP contribution >= 0.6 is 15.9 Å². The topological polar surface area (TPSA) is 53.1 Å². The lowest BCUT2D eigenvalue weighted by molar-refractivity contribution is 0.0436. The minimum Gasteiger partial charge on any atom is -0.381 e. The molecule has 2 rings (SSSR count). The number of ether oxygens (including phenoxy) is 1. The van der Waals surface area contributed by atoms with Crippen LogP contribution in [0.4, 0.5) is 0 Å². The van der Waals surface area contributed by atoms with Crippen molar-refractivity contribution in [2.24, 2.45) is 18.7 Å². The third kappa shape index (κ3) is 2.24. The Kier molecular flexibility index (Phi) is 3.43. The highest BCUT2D eigenvalue weighted by Gasteiger charge is 2.26. The Bertz CT molecular complexity index is 314. The van der Waals surface area contributed by atoms with Crippen molar-refractivity contribution in [1.29, 1.82) is 0 Å². The Balaban J connectivity index is 2.15. The van der Waals surface area contributed by atoms with Gasteiger partial charge in [-0.25, -0.2) is 0 Å². The number of halogens is 1. The van der Waals surface area contributed by atoms with Gasteiger partial charge in [0.15, 0.2) is 0 Å². The van der Waals surface area contributed by atoms with Crippen LogP contribution in [0.25, 0.3) is 0 Å². The highest BCUT2D eigenvalue weighted by Crippen LogP contribution is 2.30. The van der Waals surface area contributed by atoms with E-state index in [1.165, 1.54) is 0 Å². The van der Waals surface area contributed by atoms with Crippen LogP contribution in [0.1, 0.15) is 24.6 Å². The maximum atomic E-state index is 6.24. The monoisotopic (exact) mass is 273 g/mol. The zero-order valence-corrected chi connectivity index (χ0v) is 10.4. The lowest BCUT2D eigenvalue weighted by Crippen LogP contribution is -2.30. The molecule has 1 aromatic heterocycles. The van der Waals surface area contributed by atoms with Crippen LogP contribution < -0.4 is 5.73 Å². The lowest BCUT2D eigenvalue weighted by Gasteiger charge is -2.27. The Morgan fingerprint density at radius 1 is 1.73 bits per heavy atom. The third-order valence-electron chi connectivity index (χ3n) is 2.96. The van der Waals surface area contributed by atoms with Gasteiger partial charge in [-0.1, -0.05) is 0 Å².